The summed E-state index contributed by atoms with van der Waals surface area (Å²) in [4.78, 5) is 18.3. The molecule has 0 saturated carbocycles. The Hall–Kier alpha value is -1.14. The van der Waals surface area contributed by atoms with E-state index in [0.29, 0.717) is 24.0 Å². The first-order valence-electron chi connectivity index (χ1n) is 6.14. The van der Waals surface area contributed by atoms with Crippen molar-refractivity contribution in [2.75, 3.05) is 26.0 Å². The molecule has 1 amide bonds. The Kier molecular flexibility index (Phi) is 6.07. The molecule has 0 unspecified atom stereocenters. The van der Waals surface area contributed by atoms with Gasteiger partial charge in [-0.25, -0.2) is 4.98 Å². The first kappa shape index (κ1) is 14.9. The molecule has 0 aromatic carbocycles. The summed E-state index contributed by atoms with van der Waals surface area (Å²) in [7, 11) is 1.64. The number of amides is 1. The number of aromatic nitrogens is 1. The van der Waals surface area contributed by atoms with Gasteiger partial charge in [0.1, 0.15) is 5.69 Å². The molecule has 102 valence electrons. The van der Waals surface area contributed by atoms with Gasteiger partial charge >= 0.3 is 0 Å². The smallest absolute Gasteiger partial charge is 0.273 e. The Morgan fingerprint density at radius 1 is 1.56 bits per heavy atom. The first-order valence-corrected chi connectivity index (χ1v) is 7.02. The molecule has 6 heteroatoms. The van der Waals surface area contributed by atoms with Gasteiger partial charge in [0.05, 0.1) is 6.61 Å². The Balaban J connectivity index is 2.84. The van der Waals surface area contributed by atoms with Crippen molar-refractivity contribution in [3.8, 4) is 0 Å². The molecule has 0 atom stereocenters. The molecule has 18 heavy (non-hydrogen) atoms. The number of carbonyl (C=O) groups excluding carboxylic acids is 1. The number of rotatable bonds is 7. The molecule has 2 N–H and O–H groups in total. The molecule has 1 aromatic heterocycles. The second-order valence-electron chi connectivity index (χ2n) is 4.03. The molecule has 0 spiro atoms. The van der Waals surface area contributed by atoms with Crippen LogP contribution in [0.3, 0.4) is 0 Å². The summed E-state index contributed by atoms with van der Waals surface area (Å²) in [6.45, 7) is 5.27. The number of hydrogen-bond acceptors (Lipinski definition) is 5. The maximum Gasteiger partial charge on any atom is 0.273 e. The molecule has 1 aromatic rings. The van der Waals surface area contributed by atoms with Crippen molar-refractivity contribution >= 4 is 22.4 Å². The summed E-state index contributed by atoms with van der Waals surface area (Å²) < 4.78 is 5.07. The Morgan fingerprint density at radius 3 is 2.67 bits per heavy atom. The Labute approximate surface area is 112 Å². The van der Waals surface area contributed by atoms with Crippen LogP contribution in [0, 0.1) is 0 Å². The van der Waals surface area contributed by atoms with Crippen molar-refractivity contribution in [2.45, 2.75) is 32.7 Å². The third kappa shape index (κ3) is 3.68. The molecule has 0 aliphatic heterocycles. The quantitative estimate of drug-likeness (QED) is 0.823. The Bertz CT molecular complexity index is 377. The summed E-state index contributed by atoms with van der Waals surface area (Å²) in [6.07, 6.45) is 1.84. The number of carbonyl (C=O) groups is 1. The Morgan fingerprint density at radius 2 is 2.22 bits per heavy atom. The van der Waals surface area contributed by atoms with Gasteiger partial charge in [0.2, 0.25) is 0 Å². The fraction of sp³-hybridized carbons (Fsp3) is 0.667. The van der Waals surface area contributed by atoms with Crippen LogP contribution in [-0.4, -0.2) is 42.1 Å². The standard InChI is InChI=1S/C12H21N3O2S/c1-4-9(5-2)15(6-7-17-3)11(16)10-8-18-12(13)14-10/h8-9H,4-7H2,1-3H3,(H2,13,14). The molecule has 5 nitrogen and oxygen atoms in total. The summed E-state index contributed by atoms with van der Waals surface area (Å²) in [5.41, 5.74) is 6.00. The highest BCUT2D eigenvalue weighted by molar-refractivity contribution is 7.13. The van der Waals surface area contributed by atoms with Crippen LogP contribution < -0.4 is 5.73 Å². The van der Waals surface area contributed by atoms with Crippen LogP contribution in [-0.2, 0) is 4.74 Å². The highest BCUT2D eigenvalue weighted by Crippen LogP contribution is 2.17. The van der Waals surface area contributed by atoms with Crippen molar-refractivity contribution in [1.29, 1.82) is 0 Å². The van der Waals surface area contributed by atoms with Crippen molar-refractivity contribution in [3.05, 3.63) is 11.1 Å². The second kappa shape index (κ2) is 7.33. The molecule has 1 rings (SSSR count). The third-order valence-corrected chi connectivity index (χ3v) is 3.60. The predicted molar refractivity (Wildman–Crippen MR) is 73.8 cm³/mol. The van der Waals surface area contributed by atoms with Crippen LogP contribution in [0.1, 0.15) is 37.2 Å². The van der Waals surface area contributed by atoms with Gasteiger partial charge in [-0.2, -0.15) is 0 Å². The molecule has 0 aliphatic carbocycles. The lowest BCUT2D eigenvalue weighted by molar-refractivity contribution is 0.0584. The molecule has 0 radical (unpaired) electrons. The normalized spacial score (nSPS) is 10.9. The summed E-state index contributed by atoms with van der Waals surface area (Å²) in [6, 6.07) is 0.218. The van der Waals surface area contributed by atoms with Crippen LogP contribution >= 0.6 is 11.3 Å². The van der Waals surface area contributed by atoms with E-state index in [2.05, 4.69) is 18.8 Å². The molecule has 0 bridgehead atoms. The number of anilines is 1. The molecular formula is C12H21N3O2S. The van der Waals surface area contributed by atoms with Crippen LogP contribution in [0.15, 0.2) is 5.38 Å². The van der Waals surface area contributed by atoms with Gasteiger partial charge in [0.25, 0.3) is 5.91 Å². The number of hydrogen-bond donors (Lipinski definition) is 1. The number of nitrogens with two attached hydrogens (primary N) is 1. The molecule has 0 fully saturated rings. The van der Waals surface area contributed by atoms with E-state index in [1.54, 1.807) is 12.5 Å². The van der Waals surface area contributed by atoms with Crippen LogP contribution in [0.2, 0.25) is 0 Å². The van der Waals surface area contributed by atoms with Gasteiger partial charge in [-0.3, -0.25) is 4.79 Å². The van der Waals surface area contributed by atoms with Gasteiger partial charge in [-0.05, 0) is 12.8 Å². The zero-order valence-electron chi connectivity index (χ0n) is 11.2. The topological polar surface area (TPSA) is 68.5 Å². The maximum absolute atomic E-state index is 12.4. The summed E-state index contributed by atoms with van der Waals surface area (Å²) >= 11 is 1.29. The molecule has 1 heterocycles. The van der Waals surface area contributed by atoms with Crippen LogP contribution in [0.25, 0.3) is 0 Å². The van der Waals surface area contributed by atoms with Crippen molar-refractivity contribution < 1.29 is 9.53 Å². The van der Waals surface area contributed by atoms with E-state index >= 15 is 0 Å². The van der Waals surface area contributed by atoms with Gasteiger partial charge in [0.15, 0.2) is 5.13 Å². The minimum absolute atomic E-state index is 0.0614. The number of nitrogen functional groups attached to an aromatic ring is 1. The SMILES string of the molecule is CCC(CC)N(CCOC)C(=O)c1csc(N)n1. The van der Waals surface area contributed by atoms with Gasteiger partial charge in [0, 0.05) is 25.1 Å². The van der Waals surface area contributed by atoms with Crippen LogP contribution in [0.4, 0.5) is 5.13 Å². The zero-order chi connectivity index (χ0) is 13.5. The lowest BCUT2D eigenvalue weighted by atomic mass is 10.1. The molecular weight excluding hydrogens is 250 g/mol. The average Bonchev–Trinajstić information content (AvgIpc) is 2.80. The largest absolute Gasteiger partial charge is 0.383 e. The monoisotopic (exact) mass is 271 g/mol. The number of nitrogens with zero attached hydrogens (tertiary/aromatic N) is 2. The van der Waals surface area contributed by atoms with Gasteiger partial charge in [-0.1, -0.05) is 13.8 Å². The molecule has 0 aliphatic rings. The highest BCUT2D eigenvalue weighted by atomic mass is 32.1. The predicted octanol–water partition coefficient (Wildman–Crippen LogP) is 2.00. The number of thiazole rings is 1. The number of methoxy groups -OCH3 is 1. The lowest BCUT2D eigenvalue weighted by Crippen LogP contribution is -2.42. The third-order valence-electron chi connectivity index (χ3n) is 2.92. The average molecular weight is 271 g/mol. The van der Waals surface area contributed by atoms with E-state index in [1.807, 2.05) is 4.90 Å². The fourth-order valence-corrected chi connectivity index (χ4v) is 2.44. The van der Waals surface area contributed by atoms with Gasteiger partial charge < -0.3 is 15.4 Å². The van der Waals surface area contributed by atoms with Crippen molar-refractivity contribution in [3.63, 3.8) is 0 Å². The van der Waals surface area contributed by atoms with Crippen molar-refractivity contribution in [1.82, 2.24) is 9.88 Å². The number of ether oxygens (including phenoxy) is 1. The van der Waals surface area contributed by atoms with Crippen molar-refractivity contribution in [2.24, 2.45) is 0 Å². The second-order valence-corrected chi connectivity index (χ2v) is 4.92. The van der Waals surface area contributed by atoms with E-state index < -0.39 is 0 Å². The minimum Gasteiger partial charge on any atom is -0.383 e. The fourth-order valence-electron chi connectivity index (χ4n) is 1.90. The molecule has 0 saturated heterocycles. The maximum atomic E-state index is 12.4. The zero-order valence-corrected chi connectivity index (χ0v) is 12.0. The summed E-state index contributed by atoms with van der Waals surface area (Å²) in [5.74, 6) is -0.0614. The summed E-state index contributed by atoms with van der Waals surface area (Å²) in [5, 5.41) is 2.13. The van der Waals surface area contributed by atoms with E-state index in [0.717, 1.165) is 12.8 Å². The lowest BCUT2D eigenvalue weighted by Gasteiger charge is -2.29. The van der Waals surface area contributed by atoms with Gasteiger partial charge in [-0.15, -0.1) is 11.3 Å². The minimum atomic E-state index is -0.0614. The van der Waals surface area contributed by atoms with E-state index in [9.17, 15) is 4.79 Å². The first-order chi connectivity index (χ1) is 8.63. The van der Waals surface area contributed by atoms with E-state index in [-0.39, 0.29) is 11.9 Å². The highest BCUT2D eigenvalue weighted by Gasteiger charge is 2.23. The van der Waals surface area contributed by atoms with Crippen LogP contribution in [0.5, 0.6) is 0 Å². The van der Waals surface area contributed by atoms with E-state index in [4.69, 9.17) is 10.5 Å². The van der Waals surface area contributed by atoms with E-state index in [1.165, 1.54) is 11.3 Å².